The van der Waals surface area contributed by atoms with Crippen LogP contribution in [0.25, 0.3) is 0 Å². The summed E-state index contributed by atoms with van der Waals surface area (Å²) in [5, 5.41) is 12.7. The molecule has 6 nitrogen and oxygen atoms in total. The maximum absolute atomic E-state index is 10.6. The van der Waals surface area contributed by atoms with Gasteiger partial charge >= 0.3 is 5.97 Å². The standard InChI is InChI=1S/C14H22N2O4/c1-13(2)6-8-14(19-3,9-7-13)12-15-10(20-16-12)4-5-11(17)18/h4-9H2,1-3H3,(H,17,18). The van der Waals surface area contributed by atoms with Gasteiger partial charge in [-0.05, 0) is 31.1 Å². The zero-order chi connectivity index (χ0) is 14.8. The Morgan fingerprint density at radius 1 is 1.35 bits per heavy atom. The van der Waals surface area contributed by atoms with Gasteiger partial charge in [0.2, 0.25) is 11.7 Å². The first-order valence-corrected chi connectivity index (χ1v) is 6.97. The van der Waals surface area contributed by atoms with Gasteiger partial charge in [-0.3, -0.25) is 4.79 Å². The van der Waals surface area contributed by atoms with E-state index in [-0.39, 0.29) is 12.8 Å². The summed E-state index contributed by atoms with van der Waals surface area (Å²) in [5.41, 5.74) is -0.168. The summed E-state index contributed by atoms with van der Waals surface area (Å²) < 4.78 is 10.8. The normalized spacial score (nSPS) is 20.8. The molecule has 0 bridgehead atoms. The number of ether oxygens (including phenoxy) is 1. The maximum atomic E-state index is 10.6. The van der Waals surface area contributed by atoms with Gasteiger partial charge in [-0.2, -0.15) is 4.98 Å². The lowest BCUT2D eigenvalue weighted by Gasteiger charge is -2.40. The van der Waals surface area contributed by atoms with Crippen LogP contribution in [0.3, 0.4) is 0 Å². The third kappa shape index (κ3) is 3.17. The van der Waals surface area contributed by atoms with Crippen molar-refractivity contribution in [2.75, 3.05) is 7.11 Å². The van der Waals surface area contributed by atoms with Crippen molar-refractivity contribution in [1.29, 1.82) is 0 Å². The number of aliphatic carboxylic acids is 1. The topological polar surface area (TPSA) is 85.5 Å². The largest absolute Gasteiger partial charge is 0.481 e. The van der Waals surface area contributed by atoms with E-state index in [2.05, 4.69) is 24.0 Å². The average Bonchev–Trinajstić information content (AvgIpc) is 2.86. The summed E-state index contributed by atoms with van der Waals surface area (Å²) in [6.45, 7) is 4.50. The fourth-order valence-corrected chi connectivity index (χ4v) is 2.60. The van der Waals surface area contributed by atoms with Crippen LogP contribution >= 0.6 is 0 Å². The van der Waals surface area contributed by atoms with Crippen LogP contribution in [0.1, 0.15) is 57.7 Å². The molecule has 0 saturated heterocycles. The molecule has 0 aromatic carbocycles. The van der Waals surface area contributed by atoms with Crippen molar-refractivity contribution < 1.29 is 19.2 Å². The van der Waals surface area contributed by atoms with Crippen molar-refractivity contribution in [3.63, 3.8) is 0 Å². The van der Waals surface area contributed by atoms with Gasteiger partial charge in [0.1, 0.15) is 5.60 Å². The van der Waals surface area contributed by atoms with E-state index in [1.54, 1.807) is 7.11 Å². The van der Waals surface area contributed by atoms with Crippen LogP contribution in [-0.2, 0) is 21.6 Å². The van der Waals surface area contributed by atoms with Crippen molar-refractivity contribution in [1.82, 2.24) is 10.1 Å². The van der Waals surface area contributed by atoms with Gasteiger partial charge in [0, 0.05) is 13.5 Å². The third-order valence-corrected chi connectivity index (χ3v) is 4.23. The van der Waals surface area contributed by atoms with Gasteiger partial charge in [0.15, 0.2) is 0 Å². The summed E-state index contributed by atoms with van der Waals surface area (Å²) in [6, 6.07) is 0. The Hall–Kier alpha value is -1.43. The van der Waals surface area contributed by atoms with Crippen molar-refractivity contribution >= 4 is 5.97 Å². The fourth-order valence-electron chi connectivity index (χ4n) is 2.60. The number of hydrogen-bond donors (Lipinski definition) is 1. The van der Waals surface area contributed by atoms with Gasteiger partial charge < -0.3 is 14.4 Å². The summed E-state index contributed by atoms with van der Waals surface area (Å²) in [6.07, 6.45) is 4.05. The predicted octanol–water partition coefficient (Wildman–Crippen LogP) is 2.53. The van der Waals surface area contributed by atoms with E-state index in [9.17, 15) is 4.79 Å². The van der Waals surface area contributed by atoms with E-state index in [1.165, 1.54) is 0 Å². The van der Waals surface area contributed by atoms with Gasteiger partial charge in [-0.15, -0.1) is 0 Å². The molecule has 1 aliphatic carbocycles. The third-order valence-electron chi connectivity index (χ3n) is 4.23. The fraction of sp³-hybridized carbons (Fsp3) is 0.786. The molecule has 1 aliphatic rings. The van der Waals surface area contributed by atoms with E-state index in [0.29, 0.717) is 17.1 Å². The molecular formula is C14H22N2O4. The quantitative estimate of drug-likeness (QED) is 0.893. The molecule has 0 amide bonds. The van der Waals surface area contributed by atoms with Crippen LogP contribution < -0.4 is 0 Å². The predicted molar refractivity (Wildman–Crippen MR) is 71.2 cm³/mol. The minimum atomic E-state index is -0.870. The molecule has 0 atom stereocenters. The van der Waals surface area contributed by atoms with Gasteiger partial charge in [0.25, 0.3) is 0 Å². The summed E-state index contributed by atoms with van der Waals surface area (Å²) in [5.74, 6) is 0.0465. The molecule has 6 heteroatoms. The van der Waals surface area contributed by atoms with E-state index in [1.807, 2.05) is 0 Å². The Morgan fingerprint density at radius 3 is 2.55 bits per heavy atom. The molecule has 1 aromatic heterocycles. The SMILES string of the molecule is COC1(c2noc(CCC(=O)O)n2)CCC(C)(C)CC1. The second-order valence-corrected chi connectivity index (χ2v) is 6.27. The second-order valence-electron chi connectivity index (χ2n) is 6.27. The Labute approximate surface area is 118 Å². The number of hydrogen-bond acceptors (Lipinski definition) is 5. The second kappa shape index (κ2) is 5.52. The van der Waals surface area contributed by atoms with Crippen LogP contribution in [0, 0.1) is 5.41 Å². The number of aromatic nitrogens is 2. The summed E-state index contributed by atoms with van der Waals surface area (Å²) in [4.78, 5) is 14.9. The first-order valence-electron chi connectivity index (χ1n) is 6.97. The van der Waals surface area contributed by atoms with Crippen molar-refractivity contribution in [2.45, 2.75) is 58.0 Å². The monoisotopic (exact) mass is 282 g/mol. The van der Waals surface area contributed by atoms with E-state index >= 15 is 0 Å². The highest BCUT2D eigenvalue weighted by molar-refractivity contribution is 5.66. The van der Waals surface area contributed by atoms with Crippen molar-refractivity contribution in [2.24, 2.45) is 5.41 Å². The Bertz CT molecular complexity index is 471. The molecule has 2 rings (SSSR count). The van der Waals surface area contributed by atoms with Gasteiger partial charge in [-0.1, -0.05) is 19.0 Å². The number of aryl methyl sites for hydroxylation is 1. The number of carboxylic acids is 1. The number of carboxylic acid groups (broad SMARTS) is 1. The lowest BCUT2D eigenvalue weighted by atomic mass is 9.70. The molecule has 1 aromatic rings. The van der Waals surface area contributed by atoms with Crippen LogP contribution in [0.5, 0.6) is 0 Å². The van der Waals surface area contributed by atoms with Crippen LogP contribution in [-0.4, -0.2) is 28.3 Å². The average molecular weight is 282 g/mol. The summed E-state index contributed by atoms with van der Waals surface area (Å²) in [7, 11) is 1.67. The molecule has 1 fully saturated rings. The van der Waals surface area contributed by atoms with Crippen LogP contribution in [0.15, 0.2) is 4.52 Å². The Morgan fingerprint density at radius 2 is 2.00 bits per heavy atom. The minimum Gasteiger partial charge on any atom is -0.481 e. The highest BCUT2D eigenvalue weighted by Crippen LogP contribution is 2.46. The smallest absolute Gasteiger partial charge is 0.303 e. The first kappa shape index (κ1) is 15.0. The molecule has 1 saturated carbocycles. The molecule has 0 unspecified atom stereocenters. The minimum absolute atomic E-state index is 0.00531. The van der Waals surface area contributed by atoms with Crippen LogP contribution in [0.2, 0.25) is 0 Å². The van der Waals surface area contributed by atoms with E-state index in [4.69, 9.17) is 14.4 Å². The number of methoxy groups -OCH3 is 1. The van der Waals surface area contributed by atoms with E-state index < -0.39 is 11.6 Å². The van der Waals surface area contributed by atoms with Gasteiger partial charge in [0.05, 0.1) is 6.42 Å². The lowest BCUT2D eigenvalue weighted by Crippen LogP contribution is -2.37. The molecule has 112 valence electrons. The molecule has 0 aliphatic heterocycles. The zero-order valence-corrected chi connectivity index (χ0v) is 12.3. The van der Waals surface area contributed by atoms with Crippen molar-refractivity contribution in [3.05, 3.63) is 11.7 Å². The summed E-state index contributed by atoms with van der Waals surface area (Å²) >= 11 is 0. The first-order chi connectivity index (χ1) is 9.37. The molecule has 0 spiro atoms. The molecule has 20 heavy (non-hydrogen) atoms. The van der Waals surface area contributed by atoms with Crippen LogP contribution in [0.4, 0.5) is 0 Å². The Kier molecular flexibility index (Phi) is 4.13. The number of rotatable bonds is 5. The molecule has 0 radical (unpaired) electrons. The number of nitrogens with zero attached hydrogens (tertiary/aromatic N) is 2. The molecule has 1 heterocycles. The molecule has 1 N–H and O–H groups in total. The van der Waals surface area contributed by atoms with Gasteiger partial charge in [-0.25, -0.2) is 0 Å². The Balaban J connectivity index is 2.10. The molecular weight excluding hydrogens is 260 g/mol. The van der Waals surface area contributed by atoms with E-state index in [0.717, 1.165) is 25.7 Å². The number of carbonyl (C=O) groups is 1. The maximum Gasteiger partial charge on any atom is 0.303 e. The highest BCUT2D eigenvalue weighted by atomic mass is 16.5. The highest BCUT2D eigenvalue weighted by Gasteiger charge is 2.43. The lowest BCUT2D eigenvalue weighted by molar-refractivity contribution is -0.137. The van der Waals surface area contributed by atoms with Crippen molar-refractivity contribution in [3.8, 4) is 0 Å². The zero-order valence-electron chi connectivity index (χ0n) is 12.3.